The molecule has 1 aliphatic rings. The van der Waals surface area contributed by atoms with Crippen molar-refractivity contribution in [2.45, 2.75) is 6.54 Å². The standard InChI is InChI=1S/C10H8ClN2O2/c11-8-4-2-1-3-7(8)5-13-6-9(14)12-10(13)15/h1-4H,5-6H2. The molecule has 5 heteroatoms. The number of amides is 3. The normalized spacial score (nSPS) is 15.7. The van der Waals surface area contributed by atoms with Crippen LogP contribution in [0, 0.1) is 0 Å². The zero-order valence-electron chi connectivity index (χ0n) is 7.81. The van der Waals surface area contributed by atoms with Gasteiger partial charge < -0.3 is 4.90 Å². The molecule has 15 heavy (non-hydrogen) atoms. The molecule has 2 rings (SSSR count). The van der Waals surface area contributed by atoms with Gasteiger partial charge in [-0.05, 0) is 11.6 Å². The van der Waals surface area contributed by atoms with Gasteiger partial charge in [0.1, 0.15) is 6.54 Å². The minimum atomic E-state index is -0.486. The molecule has 77 valence electrons. The van der Waals surface area contributed by atoms with Gasteiger partial charge in [-0.2, -0.15) is 5.32 Å². The number of carbonyl (C=O) groups excluding carboxylic acids is 2. The summed E-state index contributed by atoms with van der Waals surface area (Å²) >= 11 is 5.93. The van der Waals surface area contributed by atoms with Crippen molar-refractivity contribution in [3.05, 3.63) is 34.9 Å². The Bertz CT molecular complexity index is 420. The fourth-order valence-corrected chi connectivity index (χ4v) is 1.59. The molecule has 1 fully saturated rings. The number of rotatable bonds is 2. The third kappa shape index (κ3) is 2.10. The minimum Gasteiger partial charge on any atom is -0.309 e. The van der Waals surface area contributed by atoms with E-state index in [1.165, 1.54) is 4.90 Å². The first kappa shape index (κ1) is 9.98. The van der Waals surface area contributed by atoms with E-state index in [9.17, 15) is 9.59 Å². The zero-order valence-corrected chi connectivity index (χ0v) is 8.57. The summed E-state index contributed by atoms with van der Waals surface area (Å²) in [6.07, 6.45) is 0. The van der Waals surface area contributed by atoms with Crippen molar-refractivity contribution < 1.29 is 9.59 Å². The zero-order chi connectivity index (χ0) is 10.8. The van der Waals surface area contributed by atoms with Crippen LogP contribution in [0.2, 0.25) is 5.02 Å². The molecule has 0 aromatic heterocycles. The number of halogens is 1. The van der Waals surface area contributed by atoms with Crippen molar-refractivity contribution in [3.63, 3.8) is 0 Å². The maximum Gasteiger partial charge on any atom is 0.347 e. The predicted molar refractivity (Wildman–Crippen MR) is 54.4 cm³/mol. The van der Waals surface area contributed by atoms with Gasteiger partial charge in [-0.3, -0.25) is 4.79 Å². The van der Waals surface area contributed by atoms with E-state index >= 15 is 0 Å². The van der Waals surface area contributed by atoms with Crippen molar-refractivity contribution in [1.29, 1.82) is 0 Å². The summed E-state index contributed by atoms with van der Waals surface area (Å²) in [5, 5.41) is 3.89. The number of carbonyl (C=O) groups is 2. The molecule has 4 nitrogen and oxygen atoms in total. The molecule has 0 N–H and O–H groups in total. The van der Waals surface area contributed by atoms with Crippen molar-refractivity contribution >= 4 is 23.5 Å². The molecule has 3 amide bonds. The van der Waals surface area contributed by atoms with Crippen LogP contribution in [0.15, 0.2) is 24.3 Å². The smallest absolute Gasteiger partial charge is 0.309 e. The Balaban J connectivity index is 2.13. The lowest BCUT2D eigenvalue weighted by Crippen LogP contribution is -2.25. The van der Waals surface area contributed by atoms with Crippen LogP contribution >= 0.6 is 11.6 Å². The van der Waals surface area contributed by atoms with Crippen LogP contribution in [0.25, 0.3) is 0 Å². The van der Waals surface area contributed by atoms with Gasteiger partial charge in [0.15, 0.2) is 0 Å². The van der Waals surface area contributed by atoms with E-state index in [2.05, 4.69) is 5.32 Å². The van der Waals surface area contributed by atoms with Gasteiger partial charge in [0.05, 0.1) is 0 Å². The van der Waals surface area contributed by atoms with Crippen LogP contribution in [0.3, 0.4) is 0 Å². The van der Waals surface area contributed by atoms with Crippen molar-refractivity contribution in [1.82, 2.24) is 10.2 Å². The first-order valence-corrected chi connectivity index (χ1v) is 4.81. The number of nitrogens with zero attached hydrogens (tertiary/aromatic N) is 2. The van der Waals surface area contributed by atoms with Crippen molar-refractivity contribution in [3.8, 4) is 0 Å². The number of urea groups is 1. The SMILES string of the molecule is O=C1CN(Cc2ccccc2Cl)C(=O)[N]1. The van der Waals surface area contributed by atoms with E-state index < -0.39 is 11.9 Å². The quantitative estimate of drug-likeness (QED) is 0.712. The first-order chi connectivity index (χ1) is 7.16. The third-order valence-electron chi connectivity index (χ3n) is 2.14. The lowest BCUT2D eigenvalue weighted by atomic mass is 10.2. The van der Waals surface area contributed by atoms with E-state index in [1.807, 2.05) is 18.2 Å². The Morgan fingerprint density at radius 2 is 2.07 bits per heavy atom. The van der Waals surface area contributed by atoms with E-state index in [0.29, 0.717) is 11.6 Å². The monoisotopic (exact) mass is 223 g/mol. The minimum absolute atomic E-state index is 0.0457. The Hall–Kier alpha value is -1.55. The molecule has 1 radical (unpaired) electrons. The highest BCUT2D eigenvalue weighted by molar-refractivity contribution is 6.31. The summed E-state index contributed by atoms with van der Waals surface area (Å²) < 4.78 is 0. The average Bonchev–Trinajstić information content (AvgIpc) is 2.49. The second-order valence-electron chi connectivity index (χ2n) is 3.24. The molecular formula is C10H8ClN2O2. The van der Waals surface area contributed by atoms with Crippen LogP contribution < -0.4 is 5.32 Å². The molecule has 0 atom stereocenters. The average molecular weight is 224 g/mol. The van der Waals surface area contributed by atoms with Crippen LogP contribution in [-0.2, 0) is 11.3 Å². The number of benzene rings is 1. The number of hydrogen-bond acceptors (Lipinski definition) is 2. The predicted octanol–water partition coefficient (Wildman–Crippen LogP) is 1.41. The molecular weight excluding hydrogens is 216 g/mol. The topological polar surface area (TPSA) is 51.5 Å². The maximum absolute atomic E-state index is 11.2. The molecule has 0 aliphatic carbocycles. The van der Waals surface area contributed by atoms with Crippen molar-refractivity contribution in [2.75, 3.05) is 6.54 Å². The summed E-state index contributed by atoms with van der Waals surface area (Å²) in [7, 11) is 0. The highest BCUT2D eigenvalue weighted by Crippen LogP contribution is 2.18. The van der Waals surface area contributed by atoms with E-state index in [-0.39, 0.29) is 6.54 Å². The van der Waals surface area contributed by atoms with E-state index in [4.69, 9.17) is 11.6 Å². The van der Waals surface area contributed by atoms with E-state index in [1.54, 1.807) is 6.07 Å². The summed E-state index contributed by atoms with van der Waals surface area (Å²) in [4.78, 5) is 23.4. The Labute approximate surface area is 91.8 Å². The largest absolute Gasteiger partial charge is 0.347 e. The molecule has 1 aromatic carbocycles. The second kappa shape index (κ2) is 3.90. The highest BCUT2D eigenvalue weighted by Gasteiger charge is 2.28. The molecule has 0 bridgehead atoms. The maximum atomic E-state index is 11.2. The lowest BCUT2D eigenvalue weighted by Gasteiger charge is -2.13. The van der Waals surface area contributed by atoms with Gasteiger partial charge in [-0.25, -0.2) is 4.79 Å². The van der Waals surface area contributed by atoms with Gasteiger partial charge in [-0.15, -0.1) is 0 Å². The fourth-order valence-electron chi connectivity index (χ4n) is 1.40. The molecule has 1 aromatic rings. The molecule has 1 aliphatic heterocycles. The van der Waals surface area contributed by atoms with Crippen LogP contribution in [0.4, 0.5) is 4.79 Å². The summed E-state index contributed by atoms with van der Waals surface area (Å²) in [6.45, 7) is 0.373. The molecule has 0 unspecified atom stereocenters. The van der Waals surface area contributed by atoms with Crippen LogP contribution in [0.5, 0.6) is 0 Å². The molecule has 0 spiro atoms. The Morgan fingerprint density at radius 1 is 1.33 bits per heavy atom. The van der Waals surface area contributed by atoms with Crippen molar-refractivity contribution in [2.24, 2.45) is 0 Å². The second-order valence-corrected chi connectivity index (χ2v) is 3.64. The van der Waals surface area contributed by atoms with Crippen LogP contribution in [0.1, 0.15) is 5.56 Å². The van der Waals surface area contributed by atoms with Gasteiger partial charge in [0.2, 0.25) is 0 Å². The number of hydrogen-bond donors (Lipinski definition) is 0. The van der Waals surface area contributed by atoms with Gasteiger partial charge in [0, 0.05) is 11.6 Å². The fraction of sp³-hybridized carbons (Fsp3) is 0.200. The van der Waals surface area contributed by atoms with Gasteiger partial charge in [0.25, 0.3) is 5.91 Å². The van der Waals surface area contributed by atoms with Crippen LogP contribution in [-0.4, -0.2) is 23.4 Å². The van der Waals surface area contributed by atoms with Gasteiger partial charge in [-0.1, -0.05) is 29.8 Å². The Morgan fingerprint density at radius 3 is 2.67 bits per heavy atom. The summed E-state index contributed by atoms with van der Waals surface area (Å²) in [5.41, 5.74) is 0.817. The molecule has 1 saturated heterocycles. The van der Waals surface area contributed by atoms with Gasteiger partial charge >= 0.3 is 6.03 Å². The first-order valence-electron chi connectivity index (χ1n) is 4.43. The lowest BCUT2D eigenvalue weighted by molar-refractivity contribution is -0.118. The summed E-state index contributed by atoms with van der Waals surface area (Å²) in [6, 6.07) is 6.72. The number of imide groups is 1. The molecule has 1 heterocycles. The Kier molecular flexibility index (Phi) is 2.60. The summed E-state index contributed by atoms with van der Waals surface area (Å²) in [5.74, 6) is -0.396. The third-order valence-corrected chi connectivity index (χ3v) is 2.50. The highest BCUT2D eigenvalue weighted by atomic mass is 35.5. The molecule has 0 saturated carbocycles. The van der Waals surface area contributed by atoms with E-state index in [0.717, 1.165) is 5.56 Å².